The molecule has 0 aromatic heterocycles. The average Bonchev–Trinajstić information content (AvgIpc) is 3.61. The first-order chi connectivity index (χ1) is 20.9. The van der Waals surface area contributed by atoms with Crippen LogP contribution in [0.2, 0.25) is 0 Å². The molecule has 0 amide bonds. The quantitative estimate of drug-likeness (QED) is 0.181. The fourth-order valence-electron chi connectivity index (χ4n) is 6.75. The maximum Gasteiger partial charge on any atom is -0.147 e. The predicted molar refractivity (Wildman–Crippen MR) is 208 cm³/mol. The van der Waals surface area contributed by atoms with Crippen molar-refractivity contribution in [3.8, 4) is 11.1 Å². The van der Waals surface area contributed by atoms with Gasteiger partial charge in [-0.25, -0.2) is 0 Å². The normalized spacial score (nSPS) is 13.8. The summed E-state index contributed by atoms with van der Waals surface area (Å²) in [5, 5.41) is 0. The molecule has 0 bridgehead atoms. The SMILES string of the molecule is CC(C)(C)c1ccc2c(c1)-c1cc(C(C)(C)C)ccc1[CH]2[Zr]([C]1=CC=CC1)=[C](Cc1ccccc1Br)Cc1ccccc1Br.Cl.Cl. The second kappa shape index (κ2) is 15.0. The van der Waals surface area contributed by atoms with Crippen LogP contribution < -0.4 is 0 Å². The molecule has 0 nitrogen and oxygen atoms in total. The van der Waals surface area contributed by atoms with Gasteiger partial charge in [-0.15, -0.1) is 24.8 Å². The van der Waals surface area contributed by atoms with Crippen LogP contribution in [0.4, 0.5) is 0 Å². The zero-order valence-electron chi connectivity index (χ0n) is 27.6. The fourth-order valence-corrected chi connectivity index (χ4v) is 16.8. The summed E-state index contributed by atoms with van der Waals surface area (Å²) >= 11 is 5.25. The van der Waals surface area contributed by atoms with Crippen molar-refractivity contribution in [1.82, 2.24) is 0 Å². The van der Waals surface area contributed by atoms with Crippen LogP contribution in [0.1, 0.15) is 85.0 Å². The molecule has 5 heteroatoms. The Bertz CT molecular complexity index is 1720. The molecule has 0 atom stereocenters. The van der Waals surface area contributed by atoms with Crippen LogP contribution in [0.15, 0.2) is 115 Å². The van der Waals surface area contributed by atoms with Gasteiger partial charge in [0.25, 0.3) is 0 Å². The summed E-state index contributed by atoms with van der Waals surface area (Å²) in [7, 11) is 0. The molecule has 0 fully saturated rings. The number of allylic oxidation sites excluding steroid dienone is 4. The summed E-state index contributed by atoms with van der Waals surface area (Å²) in [6, 6.07) is 32.6. The number of benzene rings is 4. The molecule has 0 saturated carbocycles. The van der Waals surface area contributed by atoms with Gasteiger partial charge >= 0.3 is 291 Å². The monoisotopic (exact) mass is 854 g/mol. The van der Waals surface area contributed by atoms with Gasteiger partial charge in [-0.05, 0) is 0 Å². The van der Waals surface area contributed by atoms with E-state index >= 15 is 0 Å². The van der Waals surface area contributed by atoms with E-state index in [-0.39, 0.29) is 35.6 Å². The van der Waals surface area contributed by atoms with Crippen LogP contribution in [0.3, 0.4) is 0 Å². The second-order valence-electron chi connectivity index (χ2n) is 14.4. The van der Waals surface area contributed by atoms with E-state index in [2.05, 4.69) is 177 Å². The van der Waals surface area contributed by atoms with Gasteiger partial charge in [-0.2, -0.15) is 0 Å². The number of hydrogen-bond donors (Lipinski definition) is 0. The first-order valence-corrected chi connectivity index (χ1v) is 21.2. The van der Waals surface area contributed by atoms with Crippen LogP contribution >= 0.6 is 56.7 Å². The van der Waals surface area contributed by atoms with Crippen molar-refractivity contribution in [1.29, 1.82) is 0 Å². The number of fused-ring (bicyclic) bond motifs is 3. The van der Waals surface area contributed by atoms with Crippen molar-refractivity contribution in [2.75, 3.05) is 0 Å². The van der Waals surface area contributed by atoms with Crippen molar-refractivity contribution in [2.45, 2.75) is 75.3 Å². The summed E-state index contributed by atoms with van der Waals surface area (Å²) in [6.45, 7) is 14.0. The zero-order valence-corrected chi connectivity index (χ0v) is 34.8. The standard InChI is InChI=1S/C21H25.C15H12Br2.C5H5.2ClH.Zr/c1-20(2,3)16-9-7-14-11-15-8-10-17(21(4,5)6)13-19(15)18(14)12-16;16-14-10-3-1-6-12(14)8-5-9-13-7-2-4-11-15(13)17;1-2-4-5-3-1;;;/h7-13H,1-6H3;1-4,6-7,10-11H,8-9H2;1-3H,4H2;2*1H;. The van der Waals surface area contributed by atoms with E-state index < -0.39 is 21.3 Å². The van der Waals surface area contributed by atoms with Crippen LogP contribution in [0.5, 0.6) is 0 Å². The van der Waals surface area contributed by atoms with Crippen LogP contribution in [-0.2, 0) is 44.9 Å². The molecule has 0 spiro atoms. The molecule has 2 aliphatic carbocycles. The van der Waals surface area contributed by atoms with Crippen molar-refractivity contribution in [3.05, 3.63) is 149 Å². The Morgan fingerprint density at radius 3 is 1.52 bits per heavy atom. The molecule has 0 heterocycles. The van der Waals surface area contributed by atoms with E-state index in [0.717, 1.165) is 19.3 Å². The number of hydrogen-bond acceptors (Lipinski definition) is 0. The van der Waals surface area contributed by atoms with Crippen LogP contribution in [-0.4, -0.2) is 3.21 Å². The van der Waals surface area contributed by atoms with Gasteiger partial charge in [0.2, 0.25) is 0 Å². The molecule has 4 aromatic carbocycles. The Morgan fingerprint density at radius 1 is 0.674 bits per heavy atom. The summed E-state index contributed by atoms with van der Waals surface area (Å²) in [5.74, 6) is 0. The van der Waals surface area contributed by atoms with Crippen LogP contribution in [0.25, 0.3) is 11.1 Å². The summed E-state index contributed by atoms with van der Waals surface area (Å²) < 4.78 is 6.34. The summed E-state index contributed by atoms with van der Waals surface area (Å²) in [6.07, 6.45) is 10.3. The first kappa shape index (κ1) is 37.5. The summed E-state index contributed by atoms with van der Waals surface area (Å²) in [5.41, 5.74) is 11.9. The molecule has 46 heavy (non-hydrogen) atoms. The van der Waals surface area contributed by atoms with Crippen molar-refractivity contribution in [2.24, 2.45) is 0 Å². The number of rotatable bonds is 6. The minimum absolute atomic E-state index is 0. The third-order valence-electron chi connectivity index (χ3n) is 9.26. The largest absolute Gasteiger partial charge is 0.147 e. The third-order valence-corrected chi connectivity index (χ3v) is 19.1. The zero-order chi connectivity index (χ0) is 31.2. The Balaban J connectivity index is 0.00000240. The third kappa shape index (κ3) is 7.76. The van der Waals surface area contributed by atoms with Gasteiger partial charge in [0.1, 0.15) is 0 Å². The Hall–Kier alpha value is -1.35. The van der Waals surface area contributed by atoms with Gasteiger partial charge < -0.3 is 0 Å². The van der Waals surface area contributed by atoms with E-state index in [1.54, 1.807) is 17.6 Å². The van der Waals surface area contributed by atoms with E-state index in [0.29, 0.717) is 3.63 Å². The van der Waals surface area contributed by atoms with Crippen molar-refractivity contribution < 1.29 is 21.3 Å². The number of halogens is 4. The van der Waals surface area contributed by atoms with Gasteiger partial charge in [-0.1, -0.05) is 0 Å². The van der Waals surface area contributed by atoms with E-state index in [1.165, 1.54) is 42.3 Å². The molecule has 2 aliphatic rings. The molecule has 0 aliphatic heterocycles. The molecule has 0 unspecified atom stereocenters. The topological polar surface area (TPSA) is 0 Å². The molecule has 0 saturated heterocycles. The van der Waals surface area contributed by atoms with Crippen molar-refractivity contribution >= 4 is 59.9 Å². The van der Waals surface area contributed by atoms with Crippen LogP contribution in [0, 0.1) is 0 Å². The molecule has 0 N–H and O–H groups in total. The van der Waals surface area contributed by atoms with E-state index in [4.69, 9.17) is 0 Å². The van der Waals surface area contributed by atoms with Gasteiger partial charge in [0.15, 0.2) is 0 Å². The molecule has 240 valence electrons. The van der Waals surface area contributed by atoms with E-state index in [1.807, 2.05) is 0 Å². The molecule has 6 rings (SSSR count). The maximum absolute atomic E-state index is 3.92. The van der Waals surface area contributed by atoms with Crippen molar-refractivity contribution in [3.63, 3.8) is 0 Å². The first-order valence-electron chi connectivity index (χ1n) is 15.8. The van der Waals surface area contributed by atoms with E-state index in [9.17, 15) is 0 Å². The maximum atomic E-state index is 3.92. The smallest absolute Gasteiger partial charge is 0.147 e. The molecule has 0 radical (unpaired) electrons. The van der Waals surface area contributed by atoms with Gasteiger partial charge in [0, 0.05) is 0 Å². The van der Waals surface area contributed by atoms with Gasteiger partial charge in [0.05, 0.1) is 0 Å². The Kier molecular flexibility index (Phi) is 12.3. The molecular formula is C41H44Br2Cl2Zr. The molecule has 4 aromatic rings. The predicted octanol–water partition coefficient (Wildman–Crippen LogP) is 12.8. The second-order valence-corrected chi connectivity index (χ2v) is 22.9. The molecular weight excluding hydrogens is 814 g/mol. The minimum atomic E-state index is -2.59. The summed E-state index contributed by atoms with van der Waals surface area (Å²) in [4.78, 5) is 0. The minimum Gasteiger partial charge on any atom is -0.147 e. The Labute approximate surface area is 313 Å². The average molecular weight is 859 g/mol. The van der Waals surface area contributed by atoms with Gasteiger partial charge in [-0.3, -0.25) is 0 Å². The fraction of sp³-hybridized carbons (Fsp3) is 0.293. The Morgan fingerprint density at radius 2 is 1.13 bits per heavy atom.